The molecule has 0 unspecified atom stereocenters. The van der Waals surface area contributed by atoms with Crippen LogP contribution in [0.25, 0.3) is 0 Å². The Balaban J connectivity index is 2.69. The van der Waals surface area contributed by atoms with E-state index in [1.807, 2.05) is 18.5 Å². The summed E-state index contributed by atoms with van der Waals surface area (Å²) in [5.74, 6) is 0. The molecule has 0 radical (unpaired) electrons. The van der Waals surface area contributed by atoms with Crippen LogP contribution in [0.1, 0.15) is 5.56 Å². The Labute approximate surface area is 46.9 Å². The van der Waals surface area contributed by atoms with Crippen LogP contribution in [-0.2, 0) is 0 Å². The smallest absolute Gasteiger partial charge is 0.0748 e. The van der Waals surface area contributed by atoms with E-state index in [4.69, 9.17) is 0 Å². The second-order valence-corrected chi connectivity index (χ2v) is 1.69. The van der Waals surface area contributed by atoms with Gasteiger partial charge in [0.1, 0.15) is 0 Å². The van der Waals surface area contributed by atoms with Crippen molar-refractivity contribution in [1.29, 1.82) is 0 Å². The summed E-state index contributed by atoms with van der Waals surface area (Å²) in [5, 5.41) is 0. The summed E-state index contributed by atoms with van der Waals surface area (Å²) in [5.41, 5.74) is 2.20. The highest BCUT2D eigenvalue weighted by atomic mass is 14.8. The first-order chi connectivity index (χ1) is 3.97. The summed E-state index contributed by atoms with van der Waals surface area (Å²) in [6, 6.07) is 1.90. The molecule has 38 valence electrons. The predicted molar refractivity (Wildman–Crippen MR) is 31.5 cm³/mol. The maximum Gasteiger partial charge on any atom is 0.0748 e. The zero-order valence-electron chi connectivity index (χ0n) is 4.20. The number of hydrogen-bond acceptors (Lipinski definition) is 2. The van der Waals surface area contributed by atoms with Gasteiger partial charge in [-0.05, 0) is 6.07 Å². The Morgan fingerprint density at radius 2 is 2.38 bits per heavy atom. The SMILES string of the molecule is C1=Nc2ccncc21. The van der Waals surface area contributed by atoms with Crippen LogP contribution >= 0.6 is 0 Å². The molecule has 1 aliphatic rings. The van der Waals surface area contributed by atoms with Crippen LogP contribution in [0.2, 0.25) is 0 Å². The molecule has 0 spiro atoms. The lowest BCUT2D eigenvalue weighted by molar-refractivity contribution is 1.28. The molecule has 0 aliphatic carbocycles. The second kappa shape index (κ2) is 1.15. The number of nitrogens with zero attached hydrogens (tertiary/aromatic N) is 2. The van der Waals surface area contributed by atoms with Crippen molar-refractivity contribution < 1.29 is 0 Å². The lowest BCUT2D eigenvalue weighted by atomic mass is 10.2. The third-order valence-corrected chi connectivity index (χ3v) is 1.17. The number of aromatic nitrogens is 1. The van der Waals surface area contributed by atoms with E-state index in [0.29, 0.717) is 0 Å². The summed E-state index contributed by atoms with van der Waals surface area (Å²) >= 11 is 0. The highest BCUT2D eigenvalue weighted by molar-refractivity contribution is 5.95. The van der Waals surface area contributed by atoms with Gasteiger partial charge in [0.15, 0.2) is 0 Å². The molecule has 8 heavy (non-hydrogen) atoms. The van der Waals surface area contributed by atoms with Gasteiger partial charge in [-0.2, -0.15) is 0 Å². The van der Waals surface area contributed by atoms with Crippen LogP contribution in [0.5, 0.6) is 0 Å². The van der Waals surface area contributed by atoms with E-state index in [1.54, 1.807) is 6.20 Å². The predicted octanol–water partition coefficient (Wildman–Crippen LogP) is 1.15. The summed E-state index contributed by atoms with van der Waals surface area (Å²) < 4.78 is 0. The van der Waals surface area contributed by atoms with E-state index < -0.39 is 0 Å². The minimum atomic E-state index is 1.06. The largest absolute Gasteiger partial charge is 0.264 e. The maximum absolute atomic E-state index is 3.97. The van der Waals surface area contributed by atoms with Crippen molar-refractivity contribution in [2.75, 3.05) is 0 Å². The van der Waals surface area contributed by atoms with Crippen molar-refractivity contribution in [2.24, 2.45) is 4.99 Å². The third-order valence-electron chi connectivity index (χ3n) is 1.17. The van der Waals surface area contributed by atoms with E-state index >= 15 is 0 Å². The molecule has 1 aromatic heterocycles. The Bertz CT molecular complexity index is 215. The minimum Gasteiger partial charge on any atom is -0.264 e. The van der Waals surface area contributed by atoms with Crippen LogP contribution in [0, 0.1) is 0 Å². The molecule has 0 fully saturated rings. The molecule has 0 bridgehead atoms. The van der Waals surface area contributed by atoms with Gasteiger partial charge < -0.3 is 0 Å². The first-order valence-corrected chi connectivity index (χ1v) is 2.45. The molecule has 0 N–H and O–H groups in total. The number of fused-ring (bicyclic) bond motifs is 1. The molecular weight excluding hydrogens is 100 g/mol. The number of hydrogen-bond donors (Lipinski definition) is 0. The lowest BCUT2D eigenvalue weighted by Crippen LogP contribution is -1.91. The average Bonchev–Trinajstić information content (AvgIpc) is 1.72. The van der Waals surface area contributed by atoms with E-state index in [2.05, 4.69) is 9.98 Å². The van der Waals surface area contributed by atoms with Crippen LogP contribution in [0.4, 0.5) is 5.69 Å². The van der Waals surface area contributed by atoms with Crippen molar-refractivity contribution in [3.63, 3.8) is 0 Å². The fraction of sp³-hybridized carbons (Fsp3) is 0. The van der Waals surface area contributed by atoms with Crippen molar-refractivity contribution in [3.05, 3.63) is 24.0 Å². The van der Waals surface area contributed by atoms with Crippen LogP contribution in [0.15, 0.2) is 23.5 Å². The van der Waals surface area contributed by atoms with Crippen LogP contribution in [-0.4, -0.2) is 11.2 Å². The van der Waals surface area contributed by atoms with Crippen molar-refractivity contribution in [1.82, 2.24) is 4.98 Å². The zero-order chi connectivity index (χ0) is 5.40. The van der Waals surface area contributed by atoms with Gasteiger partial charge in [0.2, 0.25) is 0 Å². The van der Waals surface area contributed by atoms with Gasteiger partial charge in [-0.15, -0.1) is 0 Å². The highest BCUT2D eigenvalue weighted by Crippen LogP contribution is 2.21. The Morgan fingerprint density at radius 1 is 1.38 bits per heavy atom. The monoisotopic (exact) mass is 104 g/mol. The minimum absolute atomic E-state index is 1.06. The topological polar surface area (TPSA) is 25.2 Å². The molecular formula is C6H4N2. The third kappa shape index (κ3) is 0.320. The summed E-state index contributed by atoms with van der Waals surface area (Å²) in [6.45, 7) is 0. The van der Waals surface area contributed by atoms with Crippen LogP contribution < -0.4 is 0 Å². The van der Waals surface area contributed by atoms with Gasteiger partial charge in [-0.25, -0.2) is 0 Å². The molecule has 0 atom stereocenters. The second-order valence-electron chi connectivity index (χ2n) is 1.69. The normalized spacial score (nSPS) is 12.5. The van der Waals surface area contributed by atoms with Gasteiger partial charge >= 0.3 is 0 Å². The zero-order valence-corrected chi connectivity index (χ0v) is 4.20. The Morgan fingerprint density at radius 3 is 2.75 bits per heavy atom. The van der Waals surface area contributed by atoms with E-state index in [1.165, 1.54) is 0 Å². The maximum atomic E-state index is 3.97. The lowest BCUT2D eigenvalue weighted by Gasteiger charge is -2.04. The molecule has 2 heteroatoms. The molecule has 1 aliphatic heterocycles. The highest BCUT2D eigenvalue weighted by Gasteiger charge is 2.03. The first-order valence-electron chi connectivity index (χ1n) is 2.45. The standard InChI is InChI=1S/C6H4N2/c1-2-7-3-5-4-8-6(1)5/h1-4H. The molecule has 1 aromatic rings. The first kappa shape index (κ1) is 3.78. The van der Waals surface area contributed by atoms with Gasteiger partial charge in [-0.1, -0.05) is 0 Å². The van der Waals surface area contributed by atoms with Crippen molar-refractivity contribution >= 4 is 11.9 Å². The quantitative estimate of drug-likeness (QED) is 0.492. The van der Waals surface area contributed by atoms with Crippen molar-refractivity contribution in [2.45, 2.75) is 0 Å². The Hall–Kier alpha value is -1.18. The molecule has 0 amide bonds. The van der Waals surface area contributed by atoms with E-state index in [9.17, 15) is 0 Å². The molecule has 0 saturated carbocycles. The number of rotatable bonds is 0. The van der Waals surface area contributed by atoms with Crippen molar-refractivity contribution in [3.8, 4) is 0 Å². The molecule has 2 heterocycles. The molecule has 2 rings (SSSR count). The number of pyridine rings is 1. The van der Waals surface area contributed by atoms with Gasteiger partial charge in [0, 0.05) is 24.2 Å². The fourth-order valence-corrected chi connectivity index (χ4v) is 0.689. The van der Waals surface area contributed by atoms with Gasteiger partial charge in [-0.3, -0.25) is 9.98 Å². The van der Waals surface area contributed by atoms with E-state index in [0.717, 1.165) is 11.3 Å². The summed E-state index contributed by atoms with van der Waals surface area (Å²) in [7, 11) is 0. The van der Waals surface area contributed by atoms with Gasteiger partial charge in [0.05, 0.1) is 5.69 Å². The van der Waals surface area contributed by atoms with Crippen LogP contribution in [0.3, 0.4) is 0 Å². The molecule has 2 nitrogen and oxygen atoms in total. The fourth-order valence-electron chi connectivity index (χ4n) is 0.689. The molecule has 0 aromatic carbocycles. The van der Waals surface area contributed by atoms with Gasteiger partial charge in [0.25, 0.3) is 0 Å². The van der Waals surface area contributed by atoms with E-state index in [-0.39, 0.29) is 0 Å². The summed E-state index contributed by atoms with van der Waals surface area (Å²) in [6.07, 6.45) is 5.36. The number of aliphatic imine (C=N–C) groups is 1. The summed E-state index contributed by atoms with van der Waals surface area (Å²) in [4.78, 5) is 7.87. The molecule has 0 saturated heterocycles. The average molecular weight is 104 g/mol. The Kier molecular flexibility index (Phi) is 0.545.